The fraction of sp³-hybridized carbons (Fsp3) is 0.556. The van der Waals surface area contributed by atoms with Gasteiger partial charge in [0.1, 0.15) is 5.82 Å². The Balaban J connectivity index is 1.51. The molecule has 122 valence electrons. The molecule has 1 amide bonds. The number of nitrogens with zero attached hydrogens (tertiary/aromatic N) is 2. The lowest BCUT2D eigenvalue weighted by Gasteiger charge is -2.15. The predicted octanol–water partition coefficient (Wildman–Crippen LogP) is 4.44. The van der Waals surface area contributed by atoms with Crippen LogP contribution in [-0.4, -0.2) is 15.7 Å². The lowest BCUT2D eigenvalue weighted by molar-refractivity contribution is 0.102. The lowest BCUT2D eigenvalue weighted by Crippen LogP contribution is -2.17. The number of nitrogens with one attached hydrogen (secondary N) is 1. The first-order valence-corrected chi connectivity index (χ1v) is 9.50. The van der Waals surface area contributed by atoms with Crippen LogP contribution in [0.3, 0.4) is 0 Å². The summed E-state index contributed by atoms with van der Waals surface area (Å²) in [6, 6.07) is 4.36. The Kier molecular flexibility index (Phi) is 3.97. The van der Waals surface area contributed by atoms with Crippen molar-refractivity contribution in [2.24, 2.45) is 5.92 Å². The van der Waals surface area contributed by atoms with E-state index in [0.29, 0.717) is 12.0 Å². The van der Waals surface area contributed by atoms with Crippen molar-refractivity contribution >= 4 is 23.1 Å². The van der Waals surface area contributed by atoms with Crippen LogP contribution in [0, 0.1) is 5.92 Å². The van der Waals surface area contributed by atoms with Crippen molar-refractivity contribution < 1.29 is 4.79 Å². The van der Waals surface area contributed by atoms with Crippen LogP contribution in [0.15, 0.2) is 18.3 Å². The maximum atomic E-state index is 12.6. The zero-order valence-corrected chi connectivity index (χ0v) is 14.4. The Morgan fingerprint density at radius 2 is 2.17 bits per heavy atom. The number of thiophene rings is 1. The van der Waals surface area contributed by atoms with Crippen LogP contribution in [0.4, 0.5) is 5.82 Å². The van der Waals surface area contributed by atoms with Crippen LogP contribution in [0.1, 0.15) is 65.2 Å². The minimum atomic E-state index is 0.00724. The molecule has 0 bridgehead atoms. The van der Waals surface area contributed by atoms with Gasteiger partial charge in [-0.05, 0) is 63.0 Å². The molecule has 1 atom stereocenters. The Morgan fingerprint density at radius 3 is 3.00 bits per heavy atom. The summed E-state index contributed by atoms with van der Waals surface area (Å²) in [4.78, 5) is 14.9. The molecule has 5 heteroatoms. The van der Waals surface area contributed by atoms with Crippen LogP contribution in [0.2, 0.25) is 0 Å². The summed E-state index contributed by atoms with van der Waals surface area (Å²) in [7, 11) is 0. The molecule has 0 aliphatic heterocycles. The molecule has 0 aromatic carbocycles. The highest BCUT2D eigenvalue weighted by atomic mass is 32.1. The molecule has 1 fully saturated rings. The smallest absolute Gasteiger partial charge is 0.266 e. The van der Waals surface area contributed by atoms with Crippen LogP contribution < -0.4 is 5.32 Å². The molecule has 0 saturated heterocycles. The Bertz CT molecular complexity index is 690. The van der Waals surface area contributed by atoms with E-state index >= 15 is 0 Å². The van der Waals surface area contributed by atoms with Gasteiger partial charge in [-0.1, -0.05) is 6.42 Å². The molecule has 23 heavy (non-hydrogen) atoms. The van der Waals surface area contributed by atoms with Crippen molar-refractivity contribution in [2.45, 2.75) is 57.9 Å². The second kappa shape index (κ2) is 6.11. The molecule has 2 aliphatic rings. The van der Waals surface area contributed by atoms with Gasteiger partial charge >= 0.3 is 0 Å². The maximum Gasteiger partial charge on any atom is 0.266 e. The molecule has 1 unspecified atom stereocenters. The first-order chi connectivity index (χ1) is 11.2. The molecule has 2 aromatic rings. The molecule has 2 aliphatic carbocycles. The van der Waals surface area contributed by atoms with E-state index in [2.05, 4.69) is 23.4 Å². The van der Waals surface area contributed by atoms with Gasteiger partial charge in [0.15, 0.2) is 0 Å². The topological polar surface area (TPSA) is 46.9 Å². The van der Waals surface area contributed by atoms with Gasteiger partial charge in [-0.3, -0.25) is 4.79 Å². The minimum absolute atomic E-state index is 0.00724. The first-order valence-electron chi connectivity index (χ1n) is 8.69. The van der Waals surface area contributed by atoms with E-state index in [1.807, 2.05) is 10.7 Å². The second-order valence-corrected chi connectivity index (χ2v) is 7.95. The van der Waals surface area contributed by atoms with Crippen LogP contribution >= 0.6 is 11.3 Å². The Labute approximate surface area is 140 Å². The monoisotopic (exact) mass is 329 g/mol. The molecular weight excluding hydrogens is 306 g/mol. The van der Waals surface area contributed by atoms with Gasteiger partial charge in [-0.15, -0.1) is 11.3 Å². The van der Waals surface area contributed by atoms with Crippen molar-refractivity contribution in [1.29, 1.82) is 0 Å². The highest BCUT2D eigenvalue weighted by Crippen LogP contribution is 2.40. The largest absolute Gasteiger partial charge is 0.306 e. The van der Waals surface area contributed by atoms with E-state index in [1.54, 1.807) is 17.5 Å². The number of hydrogen-bond donors (Lipinski definition) is 1. The Hall–Kier alpha value is -1.62. The van der Waals surface area contributed by atoms with Gasteiger partial charge in [0, 0.05) is 10.9 Å². The summed E-state index contributed by atoms with van der Waals surface area (Å²) in [5, 5.41) is 7.47. The minimum Gasteiger partial charge on any atom is -0.306 e. The van der Waals surface area contributed by atoms with Gasteiger partial charge in [0.2, 0.25) is 0 Å². The van der Waals surface area contributed by atoms with Crippen molar-refractivity contribution in [2.75, 3.05) is 5.32 Å². The third-order valence-electron chi connectivity index (χ3n) is 5.07. The van der Waals surface area contributed by atoms with Crippen LogP contribution in [0.5, 0.6) is 0 Å². The summed E-state index contributed by atoms with van der Waals surface area (Å²) >= 11 is 1.67. The average molecular weight is 329 g/mol. The number of carbonyl (C=O) groups is 1. The van der Waals surface area contributed by atoms with E-state index in [9.17, 15) is 4.79 Å². The molecule has 0 radical (unpaired) electrons. The van der Waals surface area contributed by atoms with Crippen molar-refractivity contribution in [1.82, 2.24) is 9.78 Å². The molecule has 2 heterocycles. The molecule has 4 nitrogen and oxygen atoms in total. The number of aryl methyl sites for hydroxylation is 2. The van der Waals surface area contributed by atoms with Gasteiger partial charge in [-0.2, -0.15) is 5.10 Å². The number of fused-ring (bicyclic) bond motifs is 1. The number of hydrogen-bond acceptors (Lipinski definition) is 3. The summed E-state index contributed by atoms with van der Waals surface area (Å²) in [6.07, 6.45) is 10.4. The van der Waals surface area contributed by atoms with E-state index in [1.165, 1.54) is 42.5 Å². The Morgan fingerprint density at radius 1 is 1.35 bits per heavy atom. The highest BCUT2D eigenvalue weighted by Gasteiger charge is 2.31. The number of carbonyl (C=O) groups excluding carboxylic acids is 1. The number of aromatic nitrogens is 2. The fourth-order valence-electron chi connectivity index (χ4n) is 3.47. The number of anilines is 1. The molecule has 0 spiro atoms. The van der Waals surface area contributed by atoms with Crippen LogP contribution in [0.25, 0.3) is 0 Å². The fourth-order valence-corrected chi connectivity index (χ4v) is 4.62. The van der Waals surface area contributed by atoms with Gasteiger partial charge < -0.3 is 5.32 Å². The average Bonchev–Trinajstić information content (AvgIpc) is 3.24. The van der Waals surface area contributed by atoms with Gasteiger partial charge in [0.05, 0.1) is 17.1 Å². The third-order valence-corrected chi connectivity index (χ3v) is 6.31. The summed E-state index contributed by atoms with van der Waals surface area (Å²) in [5.74, 6) is 1.54. The van der Waals surface area contributed by atoms with Crippen molar-refractivity contribution in [3.05, 3.63) is 33.6 Å². The van der Waals surface area contributed by atoms with E-state index < -0.39 is 0 Å². The maximum absolute atomic E-state index is 12.6. The molecule has 1 saturated carbocycles. The van der Waals surface area contributed by atoms with Gasteiger partial charge in [0.25, 0.3) is 5.91 Å². The summed E-state index contributed by atoms with van der Waals surface area (Å²) < 4.78 is 1.97. The van der Waals surface area contributed by atoms with Crippen molar-refractivity contribution in [3.63, 3.8) is 0 Å². The SMILES string of the molecule is CC(C1CC1)n1nccc1NC(=O)c1cc2c(s1)CCCCC2. The predicted molar refractivity (Wildman–Crippen MR) is 93.2 cm³/mol. The third kappa shape index (κ3) is 3.07. The number of amides is 1. The standard InChI is InChI=1S/C18H23N3OS/c1-12(13-7-8-13)21-17(9-10-19-21)20-18(22)16-11-14-5-3-2-4-6-15(14)23-16/h9-13H,2-8H2,1H3,(H,20,22). The van der Waals surface area contributed by atoms with Gasteiger partial charge in [-0.25, -0.2) is 4.68 Å². The molecular formula is C18H23N3OS. The quantitative estimate of drug-likeness (QED) is 0.843. The molecule has 1 N–H and O–H groups in total. The highest BCUT2D eigenvalue weighted by molar-refractivity contribution is 7.14. The van der Waals surface area contributed by atoms with Crippen LogP contribution in [-0.2, 0) is 12.8 Å². The van der Waals surface area contributed by atoms with Crippen molar-refractivity contribution in [3.8, 4) is 0 Å². The zero-order valence-electron chi connectivity index (χ0n) is 13.5. The first kappa shape index (κ1) is 14.9. The van der Waals surface area contributed by atoms with E-state index in [0.717, 1.165) is 23.5 Å². The van der Waals surface area contributed by atoms with E-state index in [4.69, 9.17) is 0 Å². The zero-order chi connectivity index (χ0) is 15.8. The van der Waals surface area contributed by atoms with E-state index in [-0.39, 0.29) is 5.91 Å². The summed E-state index contributed by atoms with van der Waals surface area (Å²) in [5.41, 5.74) is 1.39. The summed E-state index contributed by atoms with van der Waals surface area (Å²) in [6.45, 7) is 2.19. The normalized spacial score (nSPS) is 19.0. The second-order valence-electron chi connectivity index (χ2n) is 6.81. The lowest BCUT2D eigenvalue weighted by atomic mass is 10.1. The molecule has 4 rings (SSSR count). The molecule has 2 aromatic heterocycles. The number of rotatable bonds is 4.